The van der Waals surface area contributed by atoms with E-state index in [1.54, 1.807) is 31.2 Å². The number of esters is 2. The number of nitriles is 1. The number of hydrogen-bond acceptors (Lipinski definition) is 5. The summed E-state index contributed by atoms with van der Waals surface area (Å²) in [6.07, 6.45) is 0.595. The Labute approximate surface area is 118 Å². The van der Waals surface area contributed by atoms with Crippen molar-refractivity contribution in [1.29, 1.82) is 5.26 Å². The molecule has 0 bridgehead atoms. The predicted molar refractivity (Wildman–Crippen MR) is 72.0 cm³/mol. The van der Waals surface area contributed by atoms with Crippen LogP contribution in [0.15, 0.2) is 24.3 Å². The first-order valence-electron chi connectivity index (χ1n) is 6.35. The van der Waals surface area contributed by atoms with Gasteiger partial charge in [0.15, 0.2) is 0 Å². The molecule has 0 aliphatic heterocycles. The minimum Gasteiger partial charge on any atom is -0.466 e. The van der Waals surface area contributed by atoms with Crippen LogP contribution in [-0.4, -0.2) is 25.7 Å². The van der Waals surface area contributed by atoms with E-state index in [1.807, 2.05) is 0 Å². The van der Waals surface area contributed by atoms with E-state index in [2.05, 4.69) is 10.8 Å². The third-order valence-corrected chi connectivity index (χ3v) is 2.83. The molecule has 0 unspecified atom stereocenters. The van der Waals surface area contributed by atoms with Crippen molar-refractivity contribution >= 4 is 11.9 Å². The number of hydrogen-bond donors (Lipinski definition) is 0. The Balaban J connectivity index is 2.69. The molecule has 5 nitrogen and oxygen atoms in total. The van der Waals surface area contributed by atoms with Gasteiger partial charge in [-0.3, -0.25) is 4.79 Å². The zero-order valence-corrected chi connectivity index (χ0v) is 11.6. The van der Waals surface area contributed by atoms with Crippen LogP contribution < -0.4 is 0 Å². The maximum Gasteiger partial charge on any atom is 0.337 e. The molecule has 1 aromatic carbocycles. The van der Waals surface area contributed by atoms with E-state index in [4.69, 9.17) is 10.00 Å². The van der Waals surface area contributed by atoms with Crippen LogP contribution in [0.5, 0.6) is 0 Å². The van der Waals surface area contributed by atoms with Crippen molar-refractivity contribution < 1.29 is 19.1 Å². The lowest BCUT2D eigenvalue weighted by molar-refractivity contribution is -0.143. The largest absolute Gasteiger partial charge is 0.466 e. The molecule has 0 fully saturated rings. The Morgan fingerprint density at radius 2 is 1.95 bits per heavy atom. The second-order valence-electron chi connectivity index (χ2n) is 4.14. The van der Waals surface area contributed by atoms with E-state index in [1.165, 1.54) is 7.11 Å². The first kappa shape index (κ1) is 15.7. The summed E-state index contributed by atoms with van der Waals surface area (Å²) in [4.78, 5) is 22.6. The lowest BCUT2D eigenvalue weighted by atomic mass is 9.95. The molecular weight excluding hydrogens is 258 g/mol. The number of carbonyl (C=O) groups is 2. The van der Waals surface area contributed by atoms with Gasteiger partial charge in [-0.05, 0) is 31.0 Å². The molecule has 0 saturated heterocycles. The van der Waals surface area contributed by atoms with Crippen molar-refractivity contribution in [1.82, 2.24) is 0 Å². The number of nitrogens with zero attached hydrogens (tertiary/aromatic N) is 1. The number of carbonyl (C=O) groups excluding carboxylic acids is 2. The third kappa shape index (κ3) is 4.39. The van der Waals surface area contributed by atoms with Gasteiger partial charge in [-0.2, -0.15) is 5.26 Å². The predicted octanol–water partition coefficient (Wildman–Crippen LogP) is 2.42. The average Bonchev–Trinajstić information content (AvgIpc) is 2.48. The summed E-state index contributed by atoms with van der Waals surface area (Å²) in [5.74, 6) is -1.12. The molecule has 20 heavy (non-hydrogen) atoms. The smallest absolute Gasteiger partial charge is 0.337 e. The van der Waals surface area contributed by atoms with Gasteiger partial charge in [0.05, 0.1) is 31.3 Å². The molecule has 0 heterocycles. The maximum atomic E-state index is 11.3. The molecule has 0 aliphatic rings. The van der Waals surface area contributed by atoms with Crippen molar-refractivity contribution in [2.75, 3.05) is 13.7 Å². The fourth-order valence-electron chi connectivity index (χ4n) is 1.77. The van der Waals surface area contributed by atoms with E-state index >= 15 is 0 Å². The van der Waals surface area contributed by atoms with Gasteiger partial charge in [0, 0.05) is 6.42 Å². The third-order valence-electron chi connectivity index (χ3n) is 2.83. The van der Waals surface area contributed by atoms with Crippen LogP contribution in [0.25, 0.3) is 0 Å². The van der Waals surface area contributed by atoms with Crippen LogP contribution in [-0.2, 0) is 14.3 Å². The van der Waals surface area contributed by atoms with Crippen LogP contribution in [0.1, 0.15) is 41.6 Å². The van der Waals surface area contributed by atoms with Gasteiger partial charge in [0.2, 0.25) is 0 Å². The number of benzene rings is 1. The molecule has 5 heteroatoms. The van der Waals surface area contributed by atoms with Crippen LogP contribution >= 0.6 is 0 Å². The summed E-state index contributed by atoms with van der Waals surface area (Å²) in [6.45, 7) is 2.08. The zero-order chi connectivity index (χ0) is 15.0. The monoisotopic (exact) mass is 275 g/mol. The van der Waals surface area contributed by atoms with E-state index in [0.717, 1.165) is 5.56 Å². The van der Waals surface area contributed by atoms with E-state index < -0.39 is 11.9 Å². The normalized spacial score (nSPS) is 11.2. The lowest BCUT2D eigenvalue weighted by Crippen LogP contribution is -2.07. The van der Waals surface area contributed by atoms with E-state index in [9.17, 15) is 9.59 Å². The Kier molecular flexibility index (Phi) is 6.24. The zero-order valence-electron chi connectivity index (χ0n) is 11.6. The summed E-state index contributed by atoms with van der Waals surface area (Å²) in [7, 11) is 1.31. The molecule has 1 atom stereocenters. The molecule has 106 valence electrons. The second-order valence-corrected chi connectivity index (χ2v) is 4.14. The summed E-state index contributed by atoms with van der Waals surface area (Å²) in [6, 6.07) is 8.77. The van der Waals surface area contributed by atoms with Crippen molar-refractivity contribution in [2.45, 2.75) is 25.7 Å². The van der Waals surface area contributed by atoms with Gasteiger partial charge >= 0.3 is 11.9 Å². The Bertz CT molecular complexity index is 502. The fraction of sp³-hybridized carbons (Fsp3) is 0.400. The number of ether oxygens (including phenoxy) is 2. The standard InChI is InChI=1S/C15H17NO4/c1-3-20-14(17)9-8-13(10-16)11-4-6-12(7-5-11)15(18)19-2/h4-7,13H,3,8-9H2,1-2H3/t13-/m1/s1. The SMILES string of the molecule is CCOC(=O)CC[C@H](C#N)c1ccc(C(=O)OC)cc1. The minimum atomic E-state index is -0.420. The van der Waals surface area contributed by atoms with Crippen LogP contribution in [0.3, 0.4) is 0 Å². The van der Waals surface area contributed by atoms with Gasteiger partial charge in [-0.25, -0.2) is 4.79 Å². The van der Waals surface area contributed by atoms with E-state index in [0.29, 0.717) is 18.6 Å². The van der Waals surface area contributed by atoms with Gasteiger partial charge < -0.3 is 9.47 Å². The Morgan fingerprint density at radius 1 is 1.30 bits per heavy atom. The molecule has 0 N–H and O–H groups in total. The van der Waals surface area contributed by atoms with Gasteiger partial charge in [0.1, 0.15) is 0 Å². The first-order chi connectivity index (χ1) is 9.62. The van der Waals surface area contributed by atoms with Crippen molar-refractivity contribution in [3.63, 3.8) is 0 Å². The van der Waals surface area contributed by atoms with Gasteiger partial charge in [-0.1, -0.05) is 12.1 Å². The minimum absolute atomic E-state index is 0.199. The van der Waals surface area contributed by atoms with Crippen molar-refractivity contribution in [3.8, 4) is 6.07 Å². The van der Waals surface area contributed by atoms with Crippen LogP contribution in [0.2, 0.25) is 0 Å². The highest BCUT2D eigenvalue weighted by Crippen LogP contribution is 2.21. The molecule has 0 amide bonds. The molecule has 0 radical (unpaired) electrons. The molecule has 1 aromatic rings. The first-order valence-corrected chi connectivity index (χ1v) is 6.35. The maximum absolute atomic E-state index is 11.3. The molecule has 0 aromatic heterocycles. The topological polar surface area (TPSA) is 76.4 Å². The Morgan fingerprint density at radius 3 is 2.45 bits per heavy atom. The van der Waals surface area contributed by atoms with E-state index in [-0.39, 0.29) is 12.4 Å². The quantitative estimate of drug-likeness (QED) is 0.745. The van der Waals surface area contributed by atoms with Crippen LogP contribution in [0, 0.1) is 11.3 Å². The summed E-state index contributed by atoms with van der Waals surface area (Å²) >= 11 is 0. The molecule has 0 aliphatic carbocycles. The van der Waals surface area contributed by atoms with Gasteiger partial charge in [0.25, 0.3) is 0 Å². The summed E-state index contributed by atoms with van der Waals surface area (Å²) in [5, 5.41) is 9.15. The highest BCUT2D eigenvalue weighted by molar-refractivity contribution is 5.89. The average molecular weight is 275 g/mol. The fourth-order valence-corrected chi connectivity index (χ4v) is 1.77. The molecule has 1 rings (SSSR count). The highest BCUT2D eigenvalue weighted by Gasteiger charge is 2.14. The Hall–Kier alpha value is -2.35. The van der Waals surface area contributed by atoms with Crippen molar-refractivity contribution in [2.24, 2.45) is 0 Å². The summed E-state index contributed by atoms with van der Waals surface area (Å²) < 4.78 is 9.43. The molecular formula is C15H17NO4. The summed E-state index contributed by atoms with van der Waals surface area (Å²) in [5.41, 5.74) is 1.20. The number of rotatable bonds is 6. The van der Waals surface area contributed by atoms with Gasteiger partial charge in [-0.15, -0.1) is 0 Å². The molecule has 0 spiro atoms. The lowest BCUT2D eigenvalue weighted by Gasteiger charge is -2.09. The van der Waals surface area contributed by atoms with Crippen LogP contribution in [0.4, 0.5) is 0 Å². The van der Waals surface area contributed by atoms with Crippen molar-refractivity contribution in [3.05, 3.63) is 35.4 Å². The molecule has 0 saturated carbocycles. The second kappa shape index (κ2) is 7.95. The number of methoxy groups -OCH3 is 1. The highest BCUT2D eigenvalue weighted by atomic mass is 16.5.